The van der Waals surface area contributed by atoms with Crippen LogP contribution in [0, 0.1) is 0 Å². The van der Waals surface area contributed by atoms with Gasteiger partial charge >= 0.3 is 5.97 Å². The number of rotatable bonds is 9. The number of unbranched alkanes of at least 4 members (excludes halogenated alkanes) is 2. The van der Waals surface area contributed by atoms with Crippen LogP contribution in [0.25, 0.3) is 6.08 Å². The minimum atomic E-state index is -0.960. The van der Waals surface area contributed by atoms with E-state index in [4.69, 9.17) is 14.6 Å². The lowest BCUT2D eigenvalue weighted by Gasteiger charge is -2.10. The van der Waals surface area contributed by atoms with Crippen LogP contribution in [0.3, 0.4) is 0 Å². The van der Waals surface area contributed by atoms with Crippen molar-refractivity contribution in [1.82, 2.24) is 0 Å². The second kappa shape index (κ2) is 9.15. The van der Waals surface area contributed by atoms with Gasteiger partial charge in [0.25, 0.3) is 0 Å². The summed E-state index contributed by atoms with van der Waals surface area (Å²) in [4.78, 5) is 10.5. The molecule has 20 heavy (non-hydrogen) atoms. The predicted molar refractivity (Wildman–Crippen MR) is 78.8 cm³/mol. The molecule has 0 radical (unpaired) electrons. The smallest absolute Gasteiger partial charge is 0.328 e. The zero-order valence-electron chi connectivity index (χ0n) is 12.1. The molecule has 0 unspecified atom stereocenters. The van der Waals surface area contributed by atoms with Gasteiger partial charge in [-0.3, -0.25) is 0 Å². The minimum absolute atomic E-state index is 0.474. The Kier molecular flexibility index (Phi) is 7.43. The van der Waals surface area contributed by atoms with E-state index >= 15 is 0 Å². The standard InChI is InChI=1S/C16H22O4/c1-3-4-5-10-20-12-14-11-13(7-9-16(17)18)6-8-15(14)19-2/h6-9,11H,3-5,10,12H2,1-2H3,(H,17,18). The summed E-state index contributed by atoms with van der Waals surface area (Å²) >= 11 is 0. The molecule has 110 valence electrons. The van der Waals surface area contributed by atoms with Gasteiger partial charge < -0.3 is 14.6 Å². The van der Waals surface area contributed by atoms with Crippen LogP contribution in [-0.4, -0.2) is 24.8 Å². The van der Waals surface area contributed by atoms with E-state index in [1.807, 2.05) is 18.2 Å². The van der Waals surface area contributed by atoms with Gasteiger partial charge in [-0.25, -0.2) is 4.79 Å². The zero-order valence-corrected chi connectivity index (χ0v) is 12.1. The molecule has 0 amide bonds. The molecule has 1 N–H and O–H groups in total. The van der Waals surface area contributed by atoms with Gasteiger partial charge in [-0.05, 0) is 30.2 Å². The Hall–Kier alpha value is -1.81. The van der Waals surface area contributed by atoms with E-state index in [9.17, 15) is 4.79 Å². The predicted octanol–water partition coefficient (Wildman–Crippen LogP) is 3.50. The largest absolute Gasteiger partial charge is 0.496 e. The quantitative estimate of drug-likeness (QED) is 0.555. The first-order chi connectivity index (χ1) is 9.67. The number of carbonyl (C=O) groups is 1. The Bertz CT molecular complexity index is 452. The van der Waals surface area contributed by atoms with Crippen molar-refractivity contribution in [3.05, 3.63) is 35.4 Å². The Labute approximate surface area is 120 Å². The molecule has 0 spiro atoms. The van der Waals surface area contributed by atoms with E-state index < -0.39 is 5.97 Å². The van der Waals surface area contributed by atoms with Crippen molar-refractivity contribution in [2.24, 2.45) is 0 Å². The van der Waals surface area contributed by atoms with E-state index in [2.05, 4.69) is 6.92 Å². The number of hydrogen-bond acceptors (Lipinski definition) is 3. The second-order valence-electron chi connectivity index (χ2n) is 4.50. The fourth-order valence-corrected chi connectivity index (χ4v) is 1.82. The molecule has 0 atom stereocenters. The van der Waals surface area contributed by atoms with Crippen LogP contribution in [0.15, 0.2) is 24.3 Å². The molecule has 0 saturated carbocycles. The topological polar surface area (TPSA) is 55.8 Å². The van der Waals surface area contributed by atoms with Crippen molar-refractivity contribution in [3.8, 4) is 5.75 Å². The van der Waals surface area contributed by atoms with Crippen LogP contribution in [-0.2, 0) is 16.1 Å². The third kappa shape index (κ3) is 5.89. The highest BCUT2D eigenvalue weighted by Gasteiger charge is 2.04. The van der Waals surface area contributed by atoms with E-state index in [1.54, 1.807) is 13.2 Å². The number of hydrogen-bond donors (Lipinski definition) is 1. The summed E-state index contributed by atoms with van der Waals surface area (Å²) in [6.07, 6.45) is 6.06. The number of ether oxygens (including phenoxy) is 2. The Morgan fingerprint density at radius 1 is 1.35 bits per heavy atom. The van der Waals surface area contributed by atoms with Crippen LogP contribution in [0.2, 0.25) is 0 Å². The summed E-state index contributed by atoms with van der Waals surface area (Å²) in [5.74, 6) is -0.203. The molecule has 4 heteroatoms. The highest BCUT2D eigenvalue weighted by Crippen LogP contribution is 2.21. The van der Waals surface area contributed by atoms with E-state index in [1.165, 1.54) is 12.8 Å². The van der Waals surface area contributed by atoms with Crippen molar-refractivity contribution in [3.63, 3.8) is 0 Å². The highest BCUT2D eigenvalue weighted by molar-refractivity contribution is 5.85. The molecule has 1 aromatic rings. The zero-order chi connectivity index (χ0) is 14.8. The van der Waals surface area contributed by atoms with E-state index in [0.29, 0.717) is 6.61 Å². The van der Waals surface area contributed by atoms with Crippen LogP contribution < -0.4 is 4.74 Å². The summed E-state index contributed by atoms with van der Waals surface area (Å²) in [6, 6.07) is 5.53. The molecular formula is C16H22O4. The normalized spacial score (nSPS) is 10.9. The van der Waals surface area contributed by atoms with Crippen molar-refractivity contribution in [2.45, 2.75) is 32.8 Å². The fraction of sp³-hybridized carbons (Fsp3) is 0.438. The molecule has 1 rings (SSSR count). The molecule has 0 aliphatic heterocycles. The van der Waals surface area contributed by atoms with Gasteiger partial charge in [0.15, 0.2) is 0 Å². The van der Waals surface area contributed by atoms with Crippen LogP contribution >= 0.6 is 0 Å². The van der Waals surface area contributed by atoms with Crippen molar-refractivity contribution < 1.29 is 19.4 Å². The first kappa shape index (κ1) is 16.2. The molecule has 4 nitrogen and oxygen atoms in total. The van der Waals surface area contributed by atoms with Crippen LogP contribution in [0.5, 0.6) is 5.75 Å². The van der Waals surface area contributed by atoms with E-state index in [0.717, 1.165) is 36.0 Å². The Morgan fingerprint density at radius 2 is 2.15 bits per heavy atom. The van der Waals surface area contributed by atoms with Crippen molar-refractivity contribution >= 4 is 12.0 Å². The van der Waals surface area contributed by atoms with Gasteiger partial charge in [0.05, 0.1) is 13.7 Å². The first-order valence-electron chi connectivity index (χ1n) is 6.83. The Morgan fingerprint density at radius 3 is 2.80 bits per heavy atom. The van der Waals surface area contributed by atoms with Gasteiger partial charge in [-0.15, -0.1) is 0 Å². The third-order valence-electron chi connectivity index (χ3n) is 2.87. The third-order valence-corrected chi connectivity index (χ3v) is 2.87. The van der Waals surface area contributed by atoms with Gasteiger partial charge in [-0.1, -0.05) is 25.8 Å². The second-order valence-corrected chi connectivity index (χ2v) is 4.50. The number of carboxylic acids is 1. The lowest BCUT2D eigenvalue weighted by atomic mass is 10.1. The summed E-state index contributed by atoms with van der Waals surface area (Å²) in [5, 5.41) is 8.63. The molecule has 0 heterocycles. The monoisotopic (exact) mass is 278 g/mol. The summed E-state index contributed by atoms with van der Waals surface area (Å²) in [6.45, 7) is 3.36. The molecule has 1 aromatic carbocycles. The fourth-order valence-electron chi connectivity index (χ4n) is 1.82. The molecular weight excluding hydrogens is 256 g/mol. The number of methoxy groups -OCH3 is 1. The highest BCUT2D eigenvalue weighted by atomic mass is 16.5. The average molecular weight is 278 g/mol. The molecule has 0 aromatic heterocycles. The molecule has 0 saturated heterocycles. The van der Waals surface area contributed by atoms with Crippen LogP contribution in [0.1, 0.15) is 37.3 Å². The molecule has 0 aliphatic rings. The van der Waals surface area contributed by atoms with Gasteiger partial charge in [-0.2, -0.15) is 0 Å². The summed E-state index contributed by atoms with van der Waals surface area (Å²) in [7, 11) is 1.61. The maximum atomic E-state index is 10.5. The van der Waals surface area contributed by atoms with Gasteiger partial charge in [0.2, 0.25) is 0 Å². The van der Waals surface area contributed by atoms with Crippen molar-refractivity contribution in [2.75, 3.05) is 13.7 Å². The average Bonchev–Trinajstić information content (AvgIpc) is 2.45. The lowest BCUT2D eigenvalue weighted by Crippen LogP contribution is -1.99. The Balaban J connectivity index is 2.66. The number of carboxylic acid groups (broad SMARTS) is 1. The lowest BCUT2D eigenvalue weighted by molar-refractivity contribution is -0.131. The number of aliphatic carboxylic acids is 1. The minimum Gasteiger partial charge on any atom is -0.496 e. The number of benzene rings is 1. The molecule has 0 aliphatic carbocycles. The molecule has 0 bridgehead atoms. The maximum absolute atomic E-state index is 10.5. The summed E-state index contributed by atoms with van der Waals surface area (Å²) < 4.78 is 10.9. The molecule has 0 fully saturated rings. The van der Waals surface area contributed by atoms with Crippen LogP contribution in [0.4, 0.5) is 0 Å². The maximum Gasteiger partial charge on any atom is 0.328 e. The van der Waals surface area contributed by atoms with Gasteiger partial charge in [0, 0.05) is 18.2 Å². The summed E-state index contributed by atoms with van der Waals surface area (Å²) in [5.41, 5.74) is 1.75. The SMILES string of the molecule is CCCCCOCc1cc(C=CC(=O)O)ccc1OC. The first-order valence-corrected chi connectivity index (χ1v) is 6.83. The van der Waals surface area contributed by atoms with E-state index in [-0.39, 0.29) is 0 Å². The van der Waals surface area contributed by atoms with Crippen molar-refractivity contribution in [1.29, 1.82) is 0 Å². The van der Waals surface area contributed by atoms with Gasteiger partial charge in [0.1, 0.15) is 5.75 Å².